The van der Waals surface area contributed by atoms with Gasteiger partial charge in [0.25, 0.3) is 5.91 Å². The van der Waals surface area contributed by atoms with Crippen LogP contribution in [-0.4, -0.2) is 25.7 Å². The molecule has 2 aromatic heterocycles. The first kappa shape index (κ1) is 13.2. The maximum absolute atomic E-state index is 12.4. The SMILES string of the molecule is C[C@@H](NC(=O)c1nccc2ccccc12)c1nncn1C. The van der Waals surface area contributed by atoms with E-state index in [1.54, 1.807) is 17.1 Å². The summed E-state index contributed by atoms with van der Waals surface area (Å²) in [6.07, 6.45) is 3.25. The van der Waals surface area contributed by atoms with Crippen molar-refractivity contribution in [3.8, 4) is 0 Å². The van der Waals surface area contributed by atoms with Gasteiger partial charge < -0.3 is 9.88 Å². The number of carbonyl (C=O) groups excluding carboxylic acids is 1. The fourth-order valence-electron chi connectivity index (χ4n) is 2.31. The molecule has 0 aliphatic rings. The monoisotopic (exact) mass is 281 g/mol. The molecule has 21 heavy (non-hydrogen) atoms. The third-order valence-electron chi connectivity index (χ3n) is 3.37. The van der Waals surface area contributed by atoms with Crippen LogP contribution in [0.1, 0.15) is 29.3 Å². The standard InChI is InChI=1S/C15H15N5O/c1-10(14-19-17-9-20(14)2)18-15(21)13-12-6-4-3-5-11(12)7-8-16-13/h3-10H,1-2H3,(H,18,21)/t10-/m1/s1. The molecule has 1 atom stereocenters. The Morgan fingerprint density at radius 3 is 2.86 bits per heavy atom. The van der Waals surface area contributed by atoms with Gasteiger partial charge in [-0.2, -0.15) is 0 Å². The maximum atomic E-state index is 12.4. The maximum Gasteiger partial charge on any atom is 0.271 e. The highest BCUT2D eigenvalue weighted by atomic mass is 16.1. The highest BCUT2D eigenvalue weighted by Crippen LogP contribution is 2.17. The molecule has 0 radical (unpaired) electrons. The first-order valence-corrected chi connectivity index (χ1v) is 6.65. The Balaban J connectivity index is 1.89. The smallest absolute Gasteiger partial charge is 0.271 e. The summed E-state index contributed by atoms with van der Waals surface area (Å²) in [5.41, 5.74) is 0.419. The highest BCUT2D eigenvalue weighted by Gasteiger charge is 2.17. The normalized spacial score (nSPS) is 12.3. The van der Waals surface area contributed by atoms with Crippen LogP contribution >= 0.6 is 0 Å². The van der Waals surface area contributed by atoms with E-state index in [1.807, 2.05) is 44.3 Å². The van der Waals surface area contributed by atoms with E-state index in [1.165, 1.54) is 0 Å². The summed E-state index contributed by atoms with van der Waals surface area (Å²) >= 11 is 0. The molecule has 0 bridgehead atoms. The molecule has 6 heteroatoms. The van der Waals surface area contributed by atoms with E-state index in [-0.39, 0.29) is 11.9 Å². The Morgan fingerprint density at radius 1 is 1.29 bits per heavy atom. The molecule has 1 amide bonds. The van der Waals surface area contributed by atoms with E-state index < -0.39 is 0 Å². The molecule has 0 saturated carbocycles. The Bertz CT molecular complexity index is 790. The predicted molar refractivity (Wildman–Crippen MR) is 78.6 cm³/mol. The van der Waals surface area contributed by atoms with Crippen LogP contribution in [-0.2, 0) is 7.05 Å². The summed E-state index contributed by atoms with van der Waals surface area (Å²) in [5.74, 6) is 0.478. The minimum atomic E-state index is -0.245. The molecule has 1 N–H and O–H groups in total. The van der Waals surface area contributed by atoms with Crippen LogP contribution in [0.15, 0.2) is 42.9 Å². The van der Waals surface area contributed by atoms with E-state index in [0.717, 1.165) is 10.8 Å². The summed E-state index contributed by atoms with van der Waals surface area (Å²) in [5, 5.41) is 12.6. The van der Waals surface area contributed by atoms with Crippen molar-refractivity contribution in [2.75, 3.05) is 0 Å². The van der Waals surface area contributed by atoms with Crippen LogP contribution < -0.4 is 5.32 Å². The van der Waals surface area contributed by atoms with Crippen molar-refractivity contribution in [1.29, 1.82) is 0 Å². The fraction of sp³-hybridized carbons (Fsp3) is 0.200. The minimum Gasteiger partial charge on any atom is -0.341 e. The van der Waals surface area contributed by atoms with Crippen molar-refractivity contribution in [1.82, 2.24) is 25.1 Å². The van der Waals surface area contributed by atoms with Crippen molar-refractivity contribution in [3.63, 3.8) is 0 Å². The lowest BCUT2D eigenvalue weighted by molar-refractivity contribution is 0.0934. The van der Waals surface area contributed by atoms with E-state index in [9.17, 15) is 4.79 Å². The molecule has 0 aliphatic carbocycles. The number of hydrogen-bond donors (Lipinski definition) is 1. The molecule has 0 saturated heterocycles. The molecule has 106 valence electrons. The summed E-state index contributed by atoms with van der Waals surface area (Å²) in [4.78, 5) is 16.7. The number of carbonyl (C=O) groups is 1. The van der Waals surface area contributed by atoms with Crippen molar-refractivity contribution in [3.05, 3.63) is 54.4 Å². The lowest BCUT2D eigenvalue weighted by Crippen LogP contribution is -2.29. The van der Waals surface area contributed by atoms with Gasteiger partial charge >= 0.3 is 0 Å². The summed E-state index contributed by atoms with van der Waals surface area (Å²) in [6.45, 7) is 1.87. The number of hydrogen-bond acceptors (Lipinski definition) is 4. The second-order valence-electron chi connectivity index (χ2n) is 4.88. The third-order valence-corrected chi connectivity index (χ3v) is 3.37. The number of aromatic nitrogens is 4. The van der Waals surface area contributed by atoms with Gasteiger partial charge in [-0.05, 0) is 18.4 Å². The van der Waals surface area contributed by atoms with E-state index >= 15 is 0 Å². The average molecular weight is 281 g/mol. The first-order chi connectivity index (χ1) is 10.2. The predicted octanol–water partition coefficient (Wildman–Crippen LogP) is 1.85. The Hall–Kier alpha value is -2.76. The van der Waals surface area contributed by atoms with E-state index in [0.29, 0.717) is 11.5 Å². The van der Waals surface area contributed by atoms with Gasteiger partial charge in [0.15, 0.2) is 5.82 Å². The molecule has 2 heterocycles. The number of pyridine rings is 1. The number of amides is 1. The highest BCUT2D eigenvalue weighted by molar-refractivity contribution is 6.05. The third kappa shape index (κ3) is 2.47. The zero-order chi connectivity index (χ0) is 14.8. The summed E-state index contributed by atoms with van der Waals surface area (Å²) in [7, 11) is 1.84. The number of aryl methyl sites for hydroxylation is 1. The Kier molecular flexibility index (Phi) is 3.35. The first-order valence-electron chi connectivity index (χ1n) is 6.65. The minimum absolute atomic E-state index is 0.220. The molecule has 6 nitrogen and oxygen atoms in total. The quantitative estimate of drug-likeness (QED) is 0.795. The van der Waals surface area contributed by atoms with Gasteiger partial charge in [0.1, 0.15) is 12.0 Å². The van der Waals surface area contributed by atoms with Gasteiger partial charge in [-0.1, -0.05) is 24.3 Å². The molecule has 3 rings (SSSR count). The van der Waals surface area contributed by atoms with E-state index in [2.05, 4.69) is 20.5 Å². The van der Waals surface area contributed by atoms with Gasteiger partial charge in [0, 0.05) is 18.6 Å². The number of nitrogens with one attached hydrogen (secondary N) is 1. The van der Waals surface area contributed by atoms with Crippen molar-refractivity contribution >= 4 is 16.7 Å². The molecule has 0 spiro atoms. The Labute approximate surface area is 121 Å². The lowest BCUT2D eigenvalue weighted by Gasteiger charge is -2.13. The van der Waals surface area contributed by atoms with Gasteiger partial charge in [-0.15, -0.1) is 10.2 Å². The molecular weight excluding hydrogens is 266 g/mol. The molecule has 0 aliphatic heterocycles. The second-order valence-corrected chi connectivity index (χ2v) is 4.88. The van der Waals surface area contributed by atoms with Crippen LogP contribution in [0, 0.1) is 0 Å². The lowest BCUT2D eigenvalue weighted by atomic mass is 10.1. The largest absolute Gasteiger partial charge is 0.341 e. The number of benzene rings is 1. The van der Waals surface area contributed by atoms with Gasteiger partial charge in [0.05, 0.1) is 6.04 Å². The summed E-state index contributed by atoms with van der Waals surface area (Å²) in [6, 6.07) is 9.33. The van der Waals surface area contributed by atoms with Gasteiger partial charge in [0.2, 0.25) is 0 Å². The molecule has 0 unspecified atom stereocenters. The van der Waals surface area contributed by atoms with E-state index in [4.69, 9.17) is 0 Å². The van der Waals surface area contributed by atoms with Crippen LogP contribution in [0.2, 0.25) is 0 Å². The zero-order valence-corrected chi connectivity index (χ0v) is 11.8. The Morgan fingerprint density at radius 2 is 2.10 bits per heavy atom. The van der Waals surface area contributed by atoms with Crippen LogP contribution in [0.5, 0.6) is 0 Å². The van der Waals surface area contributed by atoms with Crippen LogP contribution in [0.25, 0.3) is 10.8 Å². The topological polar surface area (TPSA) is 72.7 Å². The fourth-order valence-corrected chi connectivity index (χ4v) is 2.31. The number of rotatable bonds is 3. The summed E-state index contributed by atoms with van der Waals surface area (Å²) < 4.78 is 1.78. The van der Waals surface area contributed by atoms with Crippen molar-refractivity contribution in [2.24, 2.45) is 7.05 Å². The molecule has 0 fully saturated rings. The number of nitrogens with zero attached hydrogens (tertiary/aromatic N) is 4. The van der Waals surface area contributed by atoms with Gasteiger partial charge in [-0.3, -0.25) is 9.78 Å². The molecular formula is C15H15N5O. The van der Waals surface area contributed by atoms with Crippen LogP contribution in [0.4, 0.5) is 0 Å². The molecule has 1 aromatic carbocycles. The molecule has 3 aromatic rings. The van der Waals surface area contributed by atoms with Crippen LogP contribution in [0.3, 0.4) is 0 Å². The van der Waals surface area contributed by atoms with Crippen molar-refractivity contribution < 1.29 is 4.79 Å². The second kappa shape index (κ2) is 5.32. The van der Waals surface area contributed by atoms with Crippen molar-refractivity contribution in [2.45, 2.75) is 13.0 Å². The zero-order valence-electron chi connectivity index (χ0n) is 11.8. The van der Waals surface area contributed by atoms with Gasteiger partial charge in [-0.25, -0.2) is 0 Å². The number of fused-ring (bicyclic) bond motifs is 1. The average Bonchev–Trinajstić information content (AvgIpc) is 2.92.